The Balaban J connectivity index is 0.000000197. The Labute approximate surface area is 379 Å². The second kappa shape index (κ2) is 23.7. The number of aromatic nitrogens is 8. The van der Waals surface area contributed by atoms with Gasteiger partial charge in [0, 0.05) is 76.5 Å². The second-order valence-electron chi connectivity index (χ2n) is 13.7. The molecule has 63 heavy (non-hydrogen) atoms. The van der Waals surface area contributed by atoms with Gasteiger partial charge in [-0.15, -0.1) is 12.1 Å². The molecule has 0 saturated carbocycles. The number of piperidine rings is 2. The average molecular weight is 1010 g/mol. The monoisotopic (exact) mass is 1010 g/mol. The summed E-state index contributed by atoms with van der Waals surface area (Å²) >= 11 is 10.1. The minimum atomic E-state index is -0.683. The number of rotatable bonds is 8. The van der Waals surface area contributed by atoms with Crippen molar-refractivity contribution in [3.8, 4) is 12.0 Å². The van der Waals surface area contributed by atoms with Crippen LogP contribution in [-0.2, 0) is 22.8 Å². The first-order valence-corrected chi connectivity index (χ1v) is 26.3. The molecule has 6 aromatic rings. The molecule has 328 valence electrons. The molecule has 4 N–H and O–H groups in total. The van der Waals surface area contributed by atoms with E-state index < -0.39 is 34.9 Å². The van der Waals surface area contributed by atoms with Gasteiger partial charge >= 0.3 is 42.0 Å². The SMILES string of the molecule is Nc1nc(OC2CCN(c3cc(Cc4cc(F)cc(F)c4)ncn3)CC2)ncc1F.Nc1nc(OC2CCN(c3cc(Cl)ncn3)CC2)ncc1F.[CH2-]c1cc(F)cc(F)c1.[Zn+][Br]. The van der Waals surface area contributed by atoms with E-state index in [-0.39, 0.29) is 35.9 Å². The van der Waals surface area contributed by atoms with Crippen molar-refractivity contribution in [3.63, 3.8) is 0 Å². The zero-order valence-electron chi connectivity index (χ0n) is 33.3. The van der Waals surface area contributed by atoms with Gasteiger partial charge in [-0.3, -0.25) is 0 Å². The summed E-state index contributed by atoms with van der Waals surface area (Å²) in [4.78, 5) is 35.9. The van der Waals surface area contributed by atoms with Crippen LogP contribution in [0.1, 0.15) is 42.5 Å². The Morgan fingerprint density at radius 1 is 0.619 bits per heavy atom. The fourth-order valence-corrected chi connectivity index (χ4v) is 6.37. The van der Waals surface area contributed by atoms with Gasteiger partial charge < -0.3 is 30.7 Å². The van der Waals surface area contributed by atoms with Crippen LogP contribution in [0.2, 0.25) is 5.15 Å². The first-order chi connectivity index (χ1) is 30.3. The number of nitrogens with zero attached hydrogens (tertiary/aromatic N) is 10. The Morgan fingerprint density at radius 3 is 1.48 bits per heavy atom. The molecule has 4 aromatic heterocycles. The average Bonchev–Trinajstić information content (AvgIpc) is 3.24. The van der Waals surface area contributed by atoms with Gasteiger partial charge in [-0.1, -0.05) is 11.6 Å². The molecular weight excluding hydrogens is 975 g/mol. The van der Waals surface area contributed by atoms with E-state index in [4.69, 9.17) is 32.5 Å². The predicted octanol–water partition coefficient (Wildman–Crippen LogP) is 7.58. The molecule has 14 nitrogen and oxygen atoms in total. The van der Waals surface area contributed by atoms with E-state index >= 15 is 0 Å². The molecule has 23 heteroatoms. The standard InChI is InChI=1S/C20H19F3N6O.C13H14ClFN6O.C7H5F2.BrH.Zn/c21-13-5-12(6-14(22)8-13)7-15-9-18(27-11-26-15)29-3-1-16(2-4-29)30-20-25-10-17(23)19(24)28-20;14-10-5-11(19-7-18-10)21-3-1-8(2-4-21)22-13-17-6-9(15)12(16)20-13;1-5-2-6(8)4-7(9)3-5;;/h5-6,8-11,16H,1-4,7H2,(H2,24,25,28);5-8H,1-4H2,(H2,16,17,20);2-4H,1H2;1H;/q;;-1;;+2/p-1. The van der Waals surface area contributed by atoms with Gasteiger partial charge in [-0.05, 0) is 23.8 Å². The molecule has 0 bridgehead atoms. The molecule has 0 spiro atoms. The quantitative estimate of drug-likeness (QED) is 0.0659. The van der Waals surface area contributed by atoms with E-state index in [1.54, 1.807) is 6.07 Å². The summed E-state index contributed by atoms with van der Waals surface area (Å²) in [5.41, 5.74) is 12.4. The third-order valence-electron chi connectivity index (χ3n) is 9.13. The predicted molar refractivity (Wildman–Crippen MR) is 223 cm³/mol. The molecule has 2 aliphatic rings. The molecule has 2 saturated heterocycles. The fourth-order valence-electron chi connectivity index (χ4n) is 6.23. The van der Waals surface area contributed by atoms with Crippen LogP contribution in [0.3, 0.4) is 0 Å². The fraction of sp³-hybridized carbons (Fsp3) is 0.275. The van der Waals surface area contributed by atoms with Crippen molar-refractivity contribution >= 4 is 48.5 Å². The number of anilines is 4. The third kappa shape index (κ3) is 15.3. The molecule has 2 aliphatic heterocycles. The minimum absolute atomic E-state index is 0.0431. The maximum absolute atomic E-state index is 13.4. The number of nitrogen functional groups attached to an aromatic ring is 2. The molecule has 0 radical (unpaired) electrons. The topological polar surface area (TPSA) is 180 Å². The van der Waals surface area contributed by atoms with E-state index in [0.29, 0.717) is 54.3 Å². The molecule has 8 rings (SSSR count). The van der Waals surface area contributed by atoms with Gasteiger partial charge in [0.05, 0.1) is 29.7 Å². The van der Waals surface area contributed by atoms with Crippen LogP contribution in [-0.4, -0.2) is 78.3 Å². The number of benzene rings is 2. The van der Waals surface area contributed by atoms with Crippen LogP contribution in [0.25, 0.3) is 0 Å². The van der Waals surface area contributed by atoms with Crippen LogP contribution in [0, 0.1) is 41.8 Å². The van der Waals surface area contributed by atoms with E-state index in [2.05, 4.69) is 70.2 Å². The molecular formula is C40H38BrClF6N12O2Zn. The van der Waals surface area contributed by atoms with Gasteiger partial charge in [0.25, 0.3) is 0 Å². The summed E-state index contributed by atoms with van der Waals surface area (Å²) in [6.45, 7) is 6.23. The number of ether oxygens (including phenoxy) is 2. The Kier molecular flexibility index (Phi) is 18.2. The zero-order chi connectivity index (χ0) is 45.5. The molecule has 0 amide bonds. The van der Waals surface area contributed by atoms with Crippen molar-refractivity contribution in [1.82, 2.24) is 39.9 Å². The van der Waals surface area contributed by atoms with Gasteiger partial charge in [0.1, 0.15) is 53.3 Å². The summed E-state index contributed by atoms with van der Waals surface area (Å²) in [6, 6.07) is 10.3. The number of hydrogen-bond acceptors (Lipinski definition) is 14. The first kappa shape index (κ1) is 48.4. The Morgan fingerprint density at radius 2 is 1.05 bits per heavy atom. The molecule has 2 aromatic carbocycles. The summed E-state index contributed by atoms with van der Waals surface area (Å²) in [5.74, 6) is -2.66. The summed E-state index contributed by atoms with van der Waals surface area (Å²) in [5, 5.41) is 0.415. The van der Waals surface area contributed by atoms with Crippen molar-refractivity contribution in [1.29, 1.82) is 0 Å². The molecule has 0 aliphatic carbocycles. The van der Waals surface area contributed by atoms with Gasteiger partial charge in [-0.25, -0.2) is 56.2 Å². The first-order valence-electron chi connectivity index (χ1n) is 18.9. The molecule has 6 heterocycles. The number of nitrogens with two attached hydrogens (primary N) is 2. The zero-order valence-corrected chi connectivity index (χ0v) is 38.6. The van der Waals surface area contributed by atoms with Crippen LogP contribution in [0.15, 0.2) is 73.6 Å². The van der Waals surface area contributed by atoms with Gasteiger partial charge in [0.2, 0.25) is 0 Å². The van der Waals surface area contributed by atoms with Crippen molar-refractivity contribution in [2.24, 2.45) is 0 Å². The normalized spacial score (nSPS) is 14.0. The number of halogens is 8. The van der Waals surface area contributed by atoms with Crippen molar-refractivity contribution in [2.75, 3.05) is 47.4 Å². The molecule has 0 atom stereocenters. The van der Waals surface area contributed by atoms with E-state index in [1.165, 1.54) is 53.3 Å². The van der Waals surface area contributed by atoms with E-state index in [9.17, 15) is 26.3 Å². The van der Waals surface area contributed by atoms with E-state index in [0.717, 1.165) is 62.1 Å². The number of hydrogen-bond donors (Lipinski definition) is 2. The summed E-state index contributed by atoms with van der Waals surface area (Å²) < 4.78 is 88.6. The van der Waals surface area contributed by atoms with Crippen molar-refractivity contribution in [3.05, 3.63) is 137 Å². The molecule has 2 fully saturated rings. The summed E-state index contributed by atoms with van der Waals surface area (Å²) in [6.07, 6.45) is 7.92. The van der Waals surface area contributed by atoms with Crippen LogP contribution < -0.4 is 30.7 Å². The molecule has 0 unspecified atom stereocenters. The van der Waals surface area contributed by atoms with Gasteiger partial charge in [0.15, 0.2) is 23.3 Å². The van der Waals surface area contributed by atoms with Crippen LogP contribution in [0.5, 0.6) is 12.0 Å². The van der Waals surface area contributed by atoms with Gasteiger partial charge in [-0.2, -0.15) is 22.5 Å². The van der Waals surface area contributed by atoms with Crippen LogP contribution >= 0.6 is 25.2 Å². The Hall–Kier alpha value is -5.60. The van der Waals surface area contributed by atoms with E-state index in [1.807, 2.05) is 6.07 Å². The van der Waals surface area contributed by atoms with Crippen molar-refractivity contribution in [2.45, 2.75) is 44.3 Å². The Bertz CT molecular complexity index is 2350. The van der Waals surface area contributed by atoms with Crippen molar-refractivity contribution < 1.29 is 52.2 Å². The van der Waals surface area contributed by atoms with Crippen LogP contribution in [0.4, 0.5) is 49.6 Å². The maximum atomic E-state index is 13.4. The third-order valence-corrected chi connectivity index (χ3v) is 9.34. The second-order valence-corrected chi connectivity index (χ2v) is 14.1. The summed E-state index contributed by atoms with van der Waals surface area (Å²) in [7, 11) is 0.